The van der Waals surface area contributed by atoms with Crippen molar-refractivity contribution in [1.29, 1.82) is 0 Å². The Morgan fingerprint density at radius 1 is 0.966 bits per heavy atom. The molecule has 0 aliphatic rings. The van der Waals surface area contributed by atoms with Gasteiger partial charge in [-0.3, -0.25) is 9.78 Å². The van der Waals surface area contributed by atoms with Gasteiger partial charge in [0.1, 0.15) is 0 Å². The van der Waals surface area contributed by atoms with Crippen LogP contribution in [0.2, 0.25) is 0 Å². The summed E-state index contributed by atoms with van der Waals surface area (Å²) in [6, 6.07) is 19.4. The first kappa shape index (κ1) is 20.7. The van der Waals surface area contributed by atoms with Gasteiger partial charge in [-0.25, -0.2) is 8.42 Å². The topological polar surface area (TPSA) is 79.4 Å². The van der Waals surface area contributed by atoms with Gasteiger partial charge in [0.05, 0.1) is 11.4 Å². The molecular formula is C22H23N3O3S. The van der Waals surface area contributed by atoms with Crippen LogP contribution in [-0.2, 0) is 27.9 Å². The molecule has 1 aromatic heterocycles. The van der Waals surface area contributed by atoms with Crippen LogP contribution in [0.3, 0.4) is 0 Å². The van der Waals surface area contributed by atoms with Crippen LogP contribution in [0, 0.1) is 6.92 Å². The normalized spacial score (nSPS) is 11.4. The van der Waals surface area contributed by atoms with Crippen LogP contribution in [0.4, 0.5) is 0 Å². The minimum atomic E-state index is -3.83. The van der Waals surface area contributed by atoms with Gasteiger partial charge in [-0.2, -0.15) is 4.31 Å². The largest absolute Gasteiger partial charge is 0.351 e. The summed E-state index contributed by atoms with van der Waals surface area (Å²) in [5, 5.41) is 2.76. The number of hydrogen-bond donors (Lipinski definition) is 1. The van der Waals surface area contributed by atoms with Gasteiger partial charge in [0, 0.05) is 25.5 Å². The molecule has 0 aliphatic carbocycles. The van der Waals surface area contributed by atoms with Crippen LogP contribution < -0.4 is 5.32 Å². The number of benzene rings is 2. The standard InChI is InChI=1S/C22H23N3O3S/c1-18-9-11-19(12-10-18)16-25(29(27,28)21-7-3-2-4-8-21)17-22(26)24-15-20-6-5-13-23-14-20/h2-14H,15-17H2,1H3,(H,24,26). The maximum absolute atomic E-state index is 13.1. The van der Waals surface area contributed by atoms with E-state index < -0.39 is 10.0 Å². The van der Waals surface area contributed by atoms with Gasteiger partial charge in [-0.05, 0) is 36.2 Å². The van der Waals surface area contributed by atoms with Crippen molar-refractivity contribution in [3.63, 3.8) is 0 Å². The van der Waals surface area contributed by atoms with Crippen LogP contribution in [0.1, 0.15) is 16.7 Å². The number of nitrogens with one attached hydrogen (secondary N) is 1. The molecule has 0 bridgehead atoms. The molecule has 0 aliphatic heterocycles. The smallest absolute Gasteiger partial charge is 0.243 e. The Morgan fingerprint density at radius 2 is 1.69 bits per heavy atom. The van der Waals surface area contributed by atoms with Crippen molar-refractivity contribution in [2.75, 3.05) is 6.54 Å². The van der Waals surface area contributed by atoms with Gasteiger partial charge in [0.2, 0.25) is 15.9 Å². The van der Waals surface area contributed by atoms with Gasteiger partial charge >= 0.3 is 0 Å². The number of sulfonamides is 1. The number of aromatic nitrogens is 1. The summed E-state index contributed by atoms with van der Waals surface area (Å²) in [6.45, 7) is 2.09. The summed E-state index contributed by atoms with van der Waals surface area (Å²) in [5.74, 6) is -0.375. The minimum Gasteiger partial charge on any atom is -0.351 e. The van der Waals surface area contributed by atoms with Crippen molar-refractivity contribution < 1.29 is 13.2 Å². The second-order valence-electron chi connectivity index (χ2n) is 6.71. The summed E-state index contributed by atoms with van der Waals surface area (Å²) in [5.41, 5.74) is 2.74. The number of amides is 1. The van der Waals surface area contributed by atoms with E-state index in [-0.39, 0.29) is 30.4 Å². The van der Waals surface area contributed by atoms with Gasteiger partial charge in [0.25, 0.3) is 0 Å². The van der Waals surface area contributed by atoms with Crippen molar-refractivity contribution in [3.05, 3.63) is 95.8 Å². The van der Waals surface area contributed by atoms with E-state index in [2.05, 4.69) is 10.3 Å². The summed E-state index contributed by atoms with van der Waals surface area (Å²) in [4.78, 5) is 16.7. The Bertz CT molecular complexity index is 1040. The summed E-state index contributed by atoms with van der Waals surface area (Å²) in [7, 11) is -3.83. The van der Waals surface area contributed by atoms with Gasteiger partial charge in [-0.1, -0.05) is 54.1 Å². The fourth-order valence-electron chi connectivity index (χ4n) is 2.78. The molecule has 3 aromatic rings. The highest BCUT2D eigenvalue weighted by Gasteiger charge is 2.26. The summed E-state index contributed by atoms with van der Waals surface area (Å²) >= 11 is 0. The lowest BCUT2D eigenvalue weighted by Gasteiger charge is -2.22. The average Bonchev–Trinajstić information content (AvgIpc) is 2.74. The Hall–Kier alpha value is -3.03. The molecule has 0 fully saturated rings. The highest BCUT2D eigenvalue weighted by molar-refractivity contribution is 7.89. The second kappa shape index (κ2) is 9.45. The molecule has 1 amide bonds. The summed E-state index contributed by atoms with van der Waals surface area (Å²) in [6.07, 6.45) is 3.31. The molecule has 3 rings (SSSR count). The third kappa shape index (κ3) is 5.73. The fourth-order valence-corrected chi connectivity index (χ4v) is 4.19. The molecule has 0 radical (unpaired) electrons. The van der Waals surface area contributed by atoms with Crippen LogP contribution in [-0.4, -0.2) is 30.2 Å². The molecule has 29 heavy (non-hydrogen) atoms. The zero-order chi connectivity index (χ0) is 20.7. The fraction of sp³-hybridized carbons (Fsp3) is 0.182. The zero-order valence-electron chi connectivity index (χ0n) is 16.2. The second-order valence-corrected chi connectivity index (χ2v) is 8.65. The number of hydrogen-bond acceptors (Lipinski definition) is 4. The Balaban J connectivity index is 1.78. The van der Waals surface area contributed by atoms with E-state index >= 15 is 0 Å². The number of nitrogens with zero attached hydrogens (tertiary/aromatic N) is 2. The van der Waals surface area contributed by atoms with Crippen molar-refractivity contribution >= 4 is 15.9 Å². The highest BCUT2D eigenvalue weighted by Crippen LogP contribution is 2.18. The minimum absolute atomic E-state index is 0.109. The predicted octanol–water partition coefficient (Wildman–Crippen LogP) is 2.90. The third-order valence-corrected chi connectivity index (χ3v) is 6.20. The van der Waals surface area contributed by atoms with Crippen molar-refractivity contribution in [3.8, 4) is 0 Å². The quantitative estimate of drug-likeness (QED) is 0.620. The average molecular weight is 410 g/mol. The maximum Gasteiger partial charge on any atom is 0.243 e. The monoisotopic (exact) mass is 409 g/mol. The van der Waals surface area contributed by atoms with Crippen LogP contribution in [0.25, 0.3) is 0 Å². The van der Waals surface area contributed by atoms with E-state index in [0.717, 1.165) is 16.7 Å². The van der Waals surface area contributed by atoms with Crippen LogP contribution in [0.5, 0.6) is 0 Å². The van der Waals surface area contributed by atoms with Gasteiger partial charge in [0.15, 0.2) is 0 Å². The molecule has 150 valence electrons. The number of aryl methyl sites for hydroxylation is 1. The lowest BCUT2D eigenvalue weighted by atomic mass is 10.1. The van der Waals surface area contributed by atoms with Crippen molar-refractivity contribution in [2.24, 2.45) is 0 Å². The third-order valence-electron chi connectivity index (χ3n) is 4.39. The Morgan fingerprint density at radius 3 is 2.34 bits per heavy atom. The predicted molar refractivity (Wildman–Crippen MR) is 111 cm³/mol. The molecule has 7 heteroatoms. The first-order chi connectivity index (χ1) is 13.9. The lowest BCUT2D eigenvalue weighted by molar-refractivity contribution is -0.121. The number of rotatable bonds is 8. The Kier molecular flexibility index (Phi) is 6.74. The van der Waals surface area contributed by atoms with Crippen LogP contribution >= 0.6 is 0 Å². The molecule has 2 aromatic carbocycles. The van der Waals surface area contributed by atoms with Crippen molar-refractivity contribution in [1.82, 2.24) is 14.6 Å². The molecule has 1 heterocycles. The van der Waals surface area contributed by atoms with E-state index in [9.17, 15) is 13.2 Å². The van der Waals surface area contributed by atoms with E-state index in [0.29, 0.717) is 0 Å². The lowest BCUT2D eigenvalue weighted by Crippen LogP contribution is -2.40. The maximum atomic E-state index is 13.1. The first-order valence-corrected chi connectivity index (χ1v) is 10.7. The van der Waals surface area contributed by atoms with Gasteiger partial charge < -0.3 is 5.32 Å². The summed E-state index contributed by atoms with van der Waals surface area (Å²) < 4.78 is 27.5. The molecule has 0 spiro atoms. The highest BCUT2D eigenvalue weighted by atomic mass is 32.2. The SMILES string of the molecule is Cc1ccc(CN(CC(=O)NCc2cccnc2)S(=O)(=O)c2ccccc2)cc1. The Labute approximate surface area is 171 Å². The van der Waals surface area contributed by atoms with E-state index in [1.807, 2.05) is 37.3 Å². The molecule has 1 N–H and O–H groups in total. The molecule has 0 saturated carbocycles. The molecule has 0 atom stereocenters. The molecule has 6 nitrogen and oxygen atoms in total. The van der Waals surface area contributed by atoms with Crippen molar-refractivity contribution in [2.45, 2.75) is 24.9 Å². The number of carbonyl (C=O) groups excluding carboxylic acids is 1. The molecule has 0 unspecified atom stereocenters. The van der Waals surface area contributed by atoms with E-state index in [1.54, 1.807) is 36.7 Å². The number of pyridine rings is 1. The molecular weight excluding hydrogens is 386 g/mol. The molecule has 0 saturated heterocycles. The van der Waals surface area contributed by atoms with Crippen LogP contribution in [0.15, 0.2) is 84.0 Å². The van der Waals surface area contributed by atoms with E-state index in [1.165, 1.54) is 16.4 Å². The first-order valence-electron chi connectivity index (χ1n) is 9.21. The number of carbonyl (C=O) groups is 1. The van der Waals surface area contributed by atoms with E-state index in [4.69, 9.17) is 0 Å². The van der Waals surface area contributed by atoms with Gasteiger partial charge in [-0.15, -0.1) is 0 Å². The zero-order valence-corrected chi connectivity index (χ0v) is 17.0.